The second-order valence-electron chi connectivity index (χ2n) is 7.91. The molecule has 0 saturated heterocycles. The first kappa shape index (κ1) is 19.6. The lowest BCUT2D eigenvalue weighted by Crippen LogP contribution is -2.08. The van der Waals surface area contributed by atoms with Gasteiger partial charge in [0.25, 0.3) is 0 Å². The van der Waals surface area contributed by atoms with Gasteiger partial charge in [-0.15, -0.1) is 0 Å². The van der Waals surface area contributed by atoms with E-state index in [-0.39, 0.29) is 0 Å². The van der Waals surface area contributed by atoms with Crippen molar-refractivity contribution in [3.05, 3.63) is 103 Å². The van der Waals surface area contributed by atoms with Crippen molar-refractivity contribution in [1.29, 1.82) is 5.26 Å². The van der Waals surface area contributed by atoms with E-state index in [9.17, 15) is 0 Å². The van der Waals surface area contributed by atoms with E-state index < -0.39 is 0 Å². The van der Waals surface area contributed by atoms with Gasteiger partial charge in [-0.05, 0) is 42.0 Å². The third-order valence-electron chi connectivity index (χ3n) is 5.66. The van der Waals surface area contributed by atoms with Crippen LogP contribution in [0.5, 0.6) is 0 Å². The zero-order valence-electron chi connectivity index (χ0n) is 18.0. The summed E-state index contributed by atoms with van der Waals surface area (Å²) in [5.74, 6) is 0.896. The first-order valence-corrected chi connectivity index (χ1v) is 10.5. The highest BCUT2D eigenvalue weighted by Crippen LogP contribution is 2.34. The van der Waals surface area contributed by atoms with Crippen LogP contribution in [0, 0.1) is 11.3 Å². The molecule has 4 heteroatoms. The quantitative estimate of drug-likeness (QED) is 0.348. The normalized spacial score (nSPS) is 10.8. The van der Waals surface area contributed by atoms with Crippen LogP contribution in [-0.2, 0) is 0 Å². The topological polar surface area (TPSA) is 44.3 Å². The van der Waals surface area contributed by atoms with Crippen molar-refractivity contribution in [1.82, 2.24) is 9.38 Å². The molecule has 3 aromatic carbocycles. The number of imidazole rings is 1. The molecule has 0 spiro atoms. The van der Waals surface area contributed by atoms with E-state index in [0.717, 1.165) is 45.1 Å². The Morgan fingerprint density at radius 3 is 2.06 bits per heavy atom. The molecule has 5 aromatic rings. The number of benzene rings is 3. The van der Waals surface area contributed by atoms with Gasteiger partial charge in [-0.25, -0.2) is 4.98 Å². The van der Waals surface area contributed by atoms with Gasteiger partial charge in [0.1, 0.15) is 5.82 Å². The lowest BCUT2D eigenvalue weighted by molar-refractivity contribution is 1.13. The summed E-state index contributed by atoms with van der Waals surface area (Å²) in [4.78, 5) is 7.19. The minimum Gasteiger partial charge on any atom is -0.378 e. The van der Waals surface area contributed by atoms with Crippen molar-refractivity contribution in [2.24, 2.45) is 0 Å². The predicted octanol–water partition coefficient (Wildman–Crippen LogP) is 6.27. The van der Waals surface area contributed by atoms with Gasteiger partial charge in [0.05, 0.1) is 28.5 Å². The molecule has 0 fully saturated rings. The van der Waals surface area contributed by atoms with E-state index in [1.807, 2.05) is 56.6 Å². The van der Waals surface area contributed by atoms with Gasteiger partial charge in [-0.1, -0.05) is 60.7 Å². The largest absolute Gasteiger partial charge is 0.378 e. The third-order valence-corrected chi connectivity index (χ3v) is 5.66. The Labute approximate surface area is 187 Å². The molecule has 0 aliphatic carbocycles. The Morgan fingerprint density at radius 2 is 1.41 bits per heavy atom. The summed E-state index contributed by atoms with van der Waals surface area (Å²) in [6, 6.07) is 34.9. The number of nitriles is 1. The maximum atomic E-state index is 9.17. The highest BCUT2D eigenvalue weighted by atomic mass is 15.1. The van der Waals surface area contributed by atoms with E-state index in [1.54, 1.807) is 0 Å². The molecule has 0 amide bonds. The number of rotatable bonds is 4. The number of aromatic nitrogens is 2. The maximum Gasteiger partial charge on any atom is 0.145 e. The molecule has 5 rings (SSSR count). The fourth-order valence-corrected chi connectivity index (χ4v) is 3.99. The van der Waals surface area contributed by atoms with Gasteiger partial charge in [-0.2, -0.15) is 5.26 Å². The number of hydrogen-bond acceptors (Lipinski definition) is 3. The average Bonchev–Trinajstić information content (AvgIpc) is 3.24. The molecule has 0 aliphatic rings. The number of anilines is 1. The van der Waals surface area contributed by atoms with Crippen LogP contribution in [0.1, 0.15) is 5.56 Å². The average molecular weight is 415 g/mol. The maximum absolute atomic E-state index is 9.17. The number of pyridine rings is 1. The number of nitrogens with zero attached hydrogens (tertiary/aromatic N) is 4. The Kier molecular flexibility index (Phi) is 4.93. The van der Waals surface area contributed by atoms with Crippen molar-refractivity contribution in [2.75, 3.05) is 19.0 Å². The summed E-state index contributed by atoms with van der Waals surface area (Å²) in [5.41, 5.74) is 7.99. The third kappa shape index (κ3) is 3.40. The van der Waals surface area contributed by atoms with Crippen LogP contribution >= 0.6 is 0 Å². The van der Waals surface area contributed by atoms with E-state index >= 15 is 0 Å². The highest BCUT2D eigenvalue weighted by Gasteiger charge is 2.17. The van der Waals surface area contributed by atoms with Crippen LogP contribution in [0.4, 0.5) is 5.69 Å². The minimum atomic E-state index is 0.641. The molecule has 4 nitrogen and oxygen atoms in total. The zero-order valence-corrected chi connectivity index (χ0v) is 18.0. The Bertz CT molecular complexity index is 1420. The molecule has 0 unspecified atom stereocenters. The van der Waals surface area contributed by atoms with Gasteiger partial charge in [0, 0.05) is 30.9 Å². The minimum absolute atomic E-state index is 0.641. The monoisotopic (exact) mass is 414 g/mol. The summed E-state index contributed by atoms with van der Waals surface area (Å²) in [5, 5.41) is 9.17. The summed E-state index contributed by atoms with van der Waals surface area (Å²) in [6.45, 7) is 0. The molecule has 0 radical (unpaired) electrons. The summed E-state index contributed by atoms with van der Waals surface area (Å²) >= 11 is 0. The van der Waals surface area contributed by atoms with Crippen molar-refractivity contribution in [3.63, 3.8) is 0 Å². The first-order chi connectivity index (χ1) is 15.7. The molecule has 0 aliphatic heterocycles. The smallest absolute Gasteiger partial charge is 0.145 e. The molecule has 0 N–H and O–H groups in total. The molecular formula is C28H22N4. The molecule has 2 heterocycles. The van der Waals surface area contributed by atoms with Crippen LogP contribution in [0.2, 0.25) is 0 Å². The van der Waals surface area contributed by atoms with E-state index in [0.29, 0.717) is 5.56 Å². The summed E-state index contributed by atoms with van der Waals surface area (Å²) < 4.78 is 2.23. The van der Waals surface area contributed by atoms with E-state index in [4.69, 9.17) is 10.2 Å². The Morgan fingerprint density at radius 1 is 0.719 bits per heavy atom. The second kappa shape index (κ2) is 8.05. The molecule has 154 valence electrons. The predicted molar refractivity (Wildman–Crippen MR) is 131 cm³/mol. The van der Waals surface area contributed by atoms with Crippen molar-refractivity contribution in [3.8, 4) is 40.0 Å². The van der Waals surface area contributed by atoms with Crippen molar-refractivity contribution < 1.29 is 0 Å². The van der Waals surface area contributed by atoms with Crippen LogP contribution < -0.4 is 4.90 Å². The van der Waals surface area contributed by atoms with E-state index in [1.165, 1.54) is 0 Å². The van der Waals surface area contributed by atoms with Gasteiger partial charge >= 0.3 is 0 Å². The second-order valence-corrected chi connectivity index (χ2v) is 7.91. The van der Waals surface area contributed by atoms with Gasteiger partial charge in [0.15, 0.2) is 0 Å². The van der Waals surface area contributed by atoms with Gasteiger partial charge in [0.2, 0.25) is 0 Å². The molecular weight excluding hydrogens is 392 g/mol. The fourth-order valence-electron chi connectivity index (χ4n) is 3.99. The van der Waals surface area contributed by atoms with Crippen molar-refractivity contribution in [2.45, 2.75) is 0 Å². The first-order valence-electron chi connectivity index (χ1n) is 10.5. The van der Waals surface area contributed by atoms with Gasteiger partial charge < -0.3 is 4.90 Å². The molecule has 0 atom stereocenters. The molecule has 0 saturated carbocycles. The molecule has 2 aromatic heterocycles. The van der Waals surface area contributed by atoms with Crippen molar-refractivity contribution >= 4 is 11.2 Å². The van der Waals surface area contributed by atoms with E-state index in [2.05, 4.69) is 70.0 Å². The lowest BCUT2D eigenvalue weighted by atomic mass is 10.1. The van der Waals surface area contributed by atoms with Crippen LogP contribution in [0.3, 0.4) is 0 Å². The Hall–Kier alpha value is -4.36. The van der Waals surface area contributed by atoms with Crippen LogP contribution in [-0.4, -0.2) is 23.5 Å². The number of hydrogen-bond donors (Lipinski definition) is 0. The summed E-state index contributed by atoms with van der Waals surface area (Å²) in [7, 11) is 4.09. The highest BCUT2D eigenvalue weighted by molar-refractivity contribution is 5.84. The zero-order chi connectivity index (χ0) is 22.1. The lowest BCUT2D eigenvalue weighted by Gasteiger charge is -2.14. The van der Waals surface area contributed by atoms with Crippen LogP contribution in [0.15, 0.2) is 97.1 Å². The van der Waals surface area contributed by atoms with Gasteiger partial charge in [-0.3, -0.25) is 4.40 Å². The molecule has 0 bridgehead atoms. The Balaban J connectivity index is 1.77. The fraction of sp³-hybridized carbons (Fsp3) is 0.0714. The number of fused-ring (bicyclic) bond motifs is 1. The standard InChI is InChI=1S/C28H22N4/c1-31(2)24-17-15-21(16-18-24)25-9-6-10-26-27(22-13-11-20(19-29)12-14-22)30-28(32(25)26)23-7-4-3-5-8-23/h3-18H,1-2H3. The van der Waals surface area contributed by atoms with Crippen LogP contribution in [0.25, 0.3) is 39.4 Å². The summed E-state index contributed by atoms with van der Waals surface area (Å²) in [6.07, 6.45) is 0. The molecule has 32 heavy (non-hydrogen) atoms. The SMILES string of the molecule is CN(C)c1ccc(-c2cccc3c(-c4ccc(C#N)cc4)nc(-c4ccccc4)n23)cc1.